The van der Waals surface area contributed by atoms with Crippen LogP contribution in [0.15, 0.2) is 24.3 Å². The van der Waals surface area contributed by atoms with Gasteiger partial charge in [-0.3, -0.25) is 4.79 Å². The van der Waals surface area contributed by atoms with Gasteiger partial charge in [0.05, 0.1) is 16.8 Å². The fourth-order valence-electron chi connectivity index (χ4n) is 2.35. The SMILES string of the molecule is CC(=O)OCc1c(C(=O)O)c2ccccc2n1C(=O)OC(C)(C)C. The lowest BCUT2D eigenvalue weighted by Gasteiger charge is -2.21. The molecule has 24 heavy (non-hydrogen) atoms. The Bertz CT molecular complexity index is 812. The molecule has 0 bridgehead atoms. The van der Waals surface area contributed by atoms with Crippen LogP contribution in [0.5, 0.6) is 0 Å². The van der Waals surface area contributed by atoms with Gasteiger partial charge < -0.3 is 14.6 Å². The predicted octanol–water partition coefficient (Wildman–Crippen LogP) is 3.19. The maximum atomic E-state index is 12.6. The molecule has 7 heteroatoms. The molecule has 128 valence electrons. The van der Waals surface area contributed by atoms with E-state index in [4.69, 9.17) is 9.47 Å². The van der Waals surface area contributed by atoms with Gasteiger partial charge in [-0.1, -0.05) is 18.2 Å². The number of carbonyl (C=O) groups is 3. The van der Waals surface area contributed by atoms with E-state index in [2.05, 4.69) is 0 Å². The molecule has 0 spiro atoms. The van der Waals surface area contributed by atoms with Crippen molar-refractivity contribution >= 4 is 28.9 Å². The second kappa shape index (κ2) is 6.35. The summed E-state index contributed by atoms with van der Waals surface area (Å²) in [6.07, 6.45) is -0.728. The number of carboxylic acids is 1. The molecule has 1 heterocycles. The molecular weight excluding hydrogens is 314 g/mol. The van der Waals surface area contributed by atoms with Crippen molar-refractivity contribution in [2.45, 2.75) is 39.9 Å². The lowest BCUT2D eigenvalue weighted by Crippen LogP contribution is -2.28. The predicted molar refractivity (Wildman–Crippen MR) is 86.0 cm³/mol. The van der Waals surface area contributed by atoms with Gasteiger partial charge in [0.25, 0.3) is 0 Å². The number of carbonyl (C=O) groups excluding carboxylic acids is 2. The number of ether oxygens (including phenoxy) is 2. The number of benzene rings is 1. The van der Waals surface area contributed by atoms with Crippen LogP contribution in [0.4, 0.5) is 4.79 Å². The van der Waals surface area contributed by atoms with Crippen LogP contribution in [0, 0.1) is 0 Å². The van der Waals surface area contributed by atoms with Crippen LogP contribution in [0.25, 0.3) is 10.9 Å². The second-order valence-electron chi connectivity index (χ2n) is 6.24. The standard InChI is InChI=1S/C17H19NO6/c1-10(19)23-9-13-14(15(20)21)11-7-5-6-8-12(11)18(13)16(22)24-17(2,3)4/h5-8H,9H2,1-4H3,(H,20,21). The monoisotopic (exact) mass is 333 g/mol. The third-order valence-corrected chi connectivity index (χ3v) is 3.17. The maximum absolute atomic E-state index is 12.6. The molecule has 1 aromatic carbocycles. The Morgan fingerprint density at radius 2 is 1.79 bits per heavy atom. The van der Waals surface area contributed by atoms with Gasteiger partial charge in [-0.15, -0.1) is 0 Å². The zero-order valence-corrected chi connectivity index (χ0v) is 14.0. The number of para-hydroxylation sites is 1. The van der Waals surface area contributed by atoms with Gasteiger partial charge in [0.2, 0.25) is 0 Å². The third kappa shape index (κ3) is 3.56. The highest BCUT2D eigenvalue weighted by atomic mass is 16.6. The molecule has 0 atom stereocenters. The maximum Gasteiger partial charge on any atom is 0.419 e. The van der Waals surface area contributed by atoms with E-state index < -0.39 is 23.6 Å². The van der Waals surface area contributed by atoms with E-state index in [-0.39, 0.29) is 17.9 Å². The molecule has 0 saturated heterocycles. The third-order valence-electron chi connectivity index (χ3n) is 3.17. The minimum absolute atomic E-state index is 0.0631. The van der Waals surface area contributed by atoms with Crippen LogP contribution in [0.3, 0.4) is 0 Å². The molecule has 0 unspecified atom stereocenters. The molecule has 0 aliphatic heterocycles. The van der Waals surface area contributed by atoms with E-state index >= 15 is 0 Å². The molecule has 0 amide bonds. The zero-order chi connectivity index (χ0) is 18.1. The minimum Gasteiger partial charge on any atom is -0.478 e. The summed E-state index contributed by atoms with van der Waals surface area (Å²) in [5, 5.41) is 9.92. The van der Waals surface area contributed by atoms with E-state index in [1.54, 1.807) is 45.0 Å². The largest absolute Gasteiger partial charge is 0.478 e. The first-order chi connectivity index (χ1) is 11.1. The number of hydrogen-bond donors (Lipinski definition) is 1. The molecule has 2 aromatic rings. The number of aromatic carboxylic acids is 1. The Hall–Kier alpha value is -2.83. The molecule has 0 fully saturated rings. The van der Waals surface area contributed by atoms with Crippen LogP contribution in [0.1, 0.15) is 43.7 Å². The van der Waals surface area contributed by atoms with E-state index in [1.165, 1.54) is 6.92 Å². The van der Waals surface area contributed by atoms with Gasteiger partial charge in [-0.2, -0.15) is 0 Å². The van der Waals surface area contributed by atoms with Gasteiger partial charge in [0, 0.05) is 12.3 Å². The lowest BCUT2D eigenvalue weighted by molar-refractivity contribution is -0.142. The van der Waals surface area contributed by atoms with Crippen molar-refractivity contribution in [3.8, 4) is 0 Å². The molecule has 1 N–H and O–H groups in total. The van der Waals surface area contributed by atoms with E-state index in [1.807, 2.05) is 0 Å². The fourth-order valence-corrected chi connectivity index (χ4v) is 2.35. The number of rotatable bonds is 3. The van der Waals surface area contributed by atoms with E-state index in [9.17, 15) is 19.5 Å². The topological polar surface area (TPSA) is 94.8 Å². The fraction of sp³-hybridized carbons (Fsp3) is 0.353. The summed E-state index contributed by atoms with van der Waals surface area (Å²) in [6, 6.07) is 6.56. The van der Waals surface area contributed by atoms with Crippen molar-refractivity contribution in [2.75, 3.05) is 0 Å². The number of hydrogen-bond acceptors (Lipinski definition) is 5. The number of esters is 1. The number of carboxylic acid groups (broad SMARTS) is 1. The lowest BCUT2D eigenvalue weighted by atomic mass is 10.1. The average molecular weight is 333 g/mol. The normalized spacial score (nSPS) is 11.3. The first kappa shape index (κ1) is 17.5. The van der Waals surface area contributed by atoms with Gasteiger partial charge in [0.15, 0.2) is 0 Å². The van der Waals surface area contributed by atoms with Gasteiger partial charge >= 0.3 is 18.0 Å². The summed E-state index contributed by atoms with van der Waals surface area (Å²) in [4.78, 5) is 35.4. The van der Waals surface area contributed by atoms with E-state index in [0.717, 1.165) is 4.57 Å². The molecule has 2 rings (SSSR count). The van der Waals surface area contributed by atoms with Crippen molar-refractivity contribution < 1.29 is 29.0 Å². The summed E-state index contributed by atoms with van der Waals surface area (Å²) < 4.78 is 11.4. The van der Waals surface area contributed by atoms with Crippen LogP contribution < -0.4 is 0 Å². The van der Waals surface area contributed by atoms with E-state index in [0.29, 0.717) is 10.9 Å². The molecule has 7 nitrogen and oxygen atoms in total. The Labute approximate surface area is 138 Å². The quantitative estimate of drug-likeness (QED) is 0.867. The molecule has 0 radical (unpaired) electrons. The van der Waals surface area contributed by atoms with Crippen LogP contribution in [0.2, 0.25) is 0 Å². The number of fused-ring (bicyclic) bond motifs is 1. The second-order valence-corrected chi connectivity index (χ2v) is 6.24. The van der Waals surface area contributed by atoms with Crippen molar-refractivity contribution in [1.29, 1.82) is 0 Å². The highest BCUT2D eigenvalue weighted by Crippen LogP contribution is 2.28. The van der Waals surface area contributed by atoms with Crippen molar-refractivity contribution in [2.24, 2.45) is 0 Å². The smallest absolute Gasteiger partial charge is 0.419 e. The molecular formula is C17H19NO6. The van der Waals surface area contributed by atoms with Crippen molar-refractivity contribution in [3.63, 3.8) is 0 Å². The molecule has 0 aliphatic rings. The Kier molecular flexibility index (Phi) is 4.64. The highest BCUT2D eigenvalue weighted by molar-refractivity contribution is 6.07. The number of nitrogens with zero attached hydrogens (tertiary/aromatic N) is 1. The van der Waals surface area contributed by atoms with Gasteiger partial charge in [-0.25, -0.2) is 14.2 Å². The molecule has 0 saturated carbocycles. The molecule has 0 aliphatic carbocycles. The summed E-state index contributed by atoms with van der Waals surface area (Å²) >= 11 is 0. The van der Waals surface area contributed by atoms with Crippen molar-refractivity contribution in [3.05, 3.63) is 35.5 Å². The minimum atomic E-state index is -1.21. The van der Waals surface area contributed by atoms with Crippen LogP contribution >= 0.6 is 0 Å². The highest BCUT2D eigenvalue weighted by Gasteiger charge is 2.28. The summed E-state index contributed by atoms with van der Waals surface area (Å²) in [5.74, 6) is -1.79. The Morgan fingerprint density at radius 1 is 1.17 bits per heavy atom. The first-order valence-corrected chi connectivity index (χ1v) is 7.34. The summed E-state index contributed by atoms with van der Waals surface area (Å²) in [7, 11) is 0. The summed E-state index contributed by atoms with van der Waals surface area (Å²) in [5.41, 5.74) is -0.401. The van der Waals surface area contributed by atoms with Crippen molar-refractivity contribution in [1.82, 2.24) is 4.57 Å². The van der Waals surface area contributed by atoms with Gasteiger partial charge in [0.1, 0.15) is 12.2 Å². The zero-order valence-electron chi connectivity index (χ0n) is 14.0. The number of aromatic nitrogens is 1. The molecule has 1 aromatic heterocycles. The van der Waals surface area contributed by atoms with Crippen LogP contribution in [-0.2, 0) is 20.9 Å². The summed E-state index contributed by atoms with van der Waals surface area (Å²) in [6.45, 7) is 5.99. The van der Waals surface area contributed by atoms with Crippen LogP contribution in [-0.4, -0.2) is 33.3 Å². The average Bonchev–Trinajstić information content (AvgIpc) is 2.77. The Morgan fingerprint density at radius 3 is 2.33 bits per heavy atom. The van der Waals surface area contributed by atoms with Gasteiger partial charge in [-0.05, 0) is 26.8 Å². The first-order valence-electron chi connectivity index (χ1n) is 7.34. The Balaban J connectivity index is 2.70.